The molecule has 0 amide bonds. The van der Waals surface area contributed by atoms with E-state index in [-0.39, 0.29) is 0 Å². The Morgan fingerprint density at radius 3 is 2.72 bits per heavy atom. The first kappa shape index (κ1) is 14.3. The summed E-state index contributed by atoms with van der Waals surface area (Å²) >= 11 is 0. The minimum Gasteiger partial charge on any atom is -0.427 e. The van der Waals surface area contributed by atoms with Crippen LogP contribution in [-0.4, -0.2) is 46.9 Å². The van der Waals surface area contributed by atoms with Crippen LogP contribution in [0.5, 0.6) is 0 Å². The normalized spacial score (nSPS) is 32.5. The molecule has 104 valence electrons. The lowest BCUT2D eigenvalue weighted by molar-refractivity contribution is 0.169. The second-order valence-electron chi connectivity index (χ2n) is 5.87. The highest BCUT2D eigenvalue weighted by Crippen LogP contribution is 2.29. The minimum atomic E-state index is -1.12. The quantitative estimate of drug-likeness (QED) is 0.492. The fraction of sp³-hybridized carbons (Fsp3) is 1.00. The third-order valence-electron chi connectivity index (χ3n) is 4.49. The molecule has 0 aromatic rings. The summed E-state index contributed by atoms with van der Waals surface area (Å²) < 4.78 is 0. The van der Waals surface area contributed by atoms with Crippen LogP contribution in [0.4, 0.5) is 0 Å². The van der Waals surface area contributed by atoms with E-state index in [4.69, 9.17) is 10.0 Å². The van der Waals surface area contributed by atoms with Crippen LogP contribution < -0.4 is 5.32 Å². The first-order chi connectivity index (χ1) is 8.68. The van der Waals surface area contributed by atoms with Crippen molar-refractivity contribution in [2.24, 2.45) is 0 Å². The monoisotopic (exact) mass is 254 g/mol. The standard InChI is InChI=1S/C13H27BN2O2/c1-11-15-12-7-3-4-8-13(12)16(11)10-6-2-5-9-14(17)18/h11-13,15,17-18H,2-10H2,1H3. The van der Waals surface area contributed by atoms with Crippen molar-refractivity contribution in [3.05, 3.63) is 0 Å². The largest absolute Gasteiger partial charge is 0.451 e. The Bertz CT molecular complexity index is 253. The van der Waals surface area contributed by atoms with E-state index in [9.17, 15) is 0 Å². The van der Waals surface area contributed by atoms with Crippen molar-refractivity contribution in [3.63, 3.8) is 0 Å². The molecule has 1 saturated carbocycles. The number of nitrogens with one attached hydrogen (secondary N) is 1. The molecule has 1 aliphatic heterocycles. The lowest BCUT2D eigenvalue weighted by Gasteiger charge is -2.31. The van der Waals surface area contributed by atoms with Crippen molar-refractivity contribution >= 4 is 7.12 Å². The molecule has 3 unspecified atom stereocenters. The first-order valence-corrected chi connectivity index (χ1v) is 7.56. The van der Waals surface area contributed by atoms with Crippen molar-refractivity contribution in [1.82, 2.24) is 10.2 Å². The number of fused-ring (bicyclic) bond motifs is 1. The molecule has 0 spiro atoms. The van der Waals surface area contributed by atoms with E-state index in [1.807, 2.05) is 0 Å². The number of rotatable bonds is 6. The predicted molar refractivity (Wildman–Crippen MR) is 74.2 cm³/mol. The van der Waals surface area contributed by atoms with Crippen LogP contribution in [0.25, 0.3) is 0 Å². The number of unbranched alkanes of at least 4 members (excludes halogenated alkanes) is 2. The van der Waals surface area contributed by atoms with Crippen molar-refractivity contribution in [2.75, 3.05) is 6.54 Å². The van der Waals surface area contributed by atoms with Gasteiger partial charge in [-0.3, -0.25) is 10.2 Å². The van der Waals surface area contributed by atoms with E-state index in [1.54, 1.807) is 0 Å². The summed E-state index contributed by atoms with van der Waals surface area (Å²) in [5.74, 6) is 0. The van der Waals surface area contributed by atoms with Gasteiger partial charge in [0.05, 0.1) is 6.17 Å². The average Bonchev–Trinajstić information content (AvgIpc) is 2.65. The molecule has 18 heavy (non-hydrogen) atoms. The van der Waals surface area contributed by atoms with E-state index in [2.05, 4.69) is 17.1 Å². The highest BCUT2D eigenvalue weighted by molar-refractivity contribution is 6.40. The first-order valence-electron chi connectivity index (χ1n) is 7.56. The van der Waals surface area contributed by atoms with Crippen molar-refractivity contribution in [3.8, 4) is 0 Å². The van der Waals surface area contributed by atoms with Crippen LogP contribution in [0, 0.1) is 0 Å². The van der Waals surface area contributed by atoms with E-state index >= 15 is 0 Å². The van der Waals surface area contributed by atoms with E-state index in [1.165, 1.54) is 32.1 Å². The zero-order chi connectivity index (χ0) is 13.0. The van der Waals surface area contributed by atoms with Crippen LogP contribution in [0.1, 0.15) is 51.9 Å². The van der Waals surface area contributed by atoms with E-state index in [0.29, 0.717) is 18.5 Å². The van der Waals surface area contributed by atoms with Crippen molar-refractivity contribution in [1.29, 1.82) is 0 Å². The third kappa shape index (κ3) is 3.70. The van der Waals surface area contributed by atoms with Gasteiger partial charge in [-0.1, -0.05) is 25.7 Å². The van der Waals surface area contributed by atoms with Crippen LogP contribution in [0.2, 0.25) is 6.32 Å². The Balaban J connectivity index is 1.68. The Hall–Kier alpha value is -0.0951. The fourth-order valence-electron chi connectivity index (χ4n) is 3.55. The summed E-state index contributed by atoms with van der Waals surface area (Å²) in [6.07, 6.45) is 9.65. The van der Waals surface area contributed by atoms with Gasteiger partial charge in [0.2, 0.25) is 0 Å². The van der Waals surface area contributed by atoms with E-state index in [0.717, 1.165) is 25.4 Å². The van der Waals surface area contributed by atoms with Gasteiger partial charge in [0.25, 0.3) is 0 Å². The highest BCUT2D eigenvalue weighted by atomic mass is 16.4. The molecule has 1 heterocycles. The molecule has 5 heteroatoms. The molecule has 2 fully saturated rings. The SMILES string of the molecule is CC1NC2CCCCC2N1CCCCCB(O)O. The van der Waals surface area contributed by atoms with Gasteiger partial charge >= 0.3 is 7.12 Å². The molecule has 0 aromatic carbocycles. The van der Waals surface area contributed by atoms with Crippen molar-refractivity contribution < 1.29 is 10.0 Å². The van der Waals surface area contributed by atoms with Crippen LogP contribution in [0.15, 0.2) is 0 Å². The summed E-state index contributed by atoms with van der Waals surface area (Å²) in [5.41, 5.74) is 0. The lowest BCUT2D eigenvalue weighted by atomic mass is 9.83. The number of nitrogens with zero attached hydrogens (tertiary/aromatic N) is 1. The van der Waals surface area contributed by atoms with Crippen LogP contribution in [-0.2, 0) is 0 Å². The summed E-state index contributed by atoms with van der Waals surface area (Å²) in [7, 11) is -1.12. The van der Waals surface area contributed by atoms with Crippen LogP contribution >= 0.6 is 0 Å². The number of hydrogen-bond donors (Lipinski definition) is 3. The minimum absolute atomic E-state index is 0.514. The second-order valence-corrected chi connectivity index (χ2v) is 5.87. The predicted octanol–water partition coefficient (Wildman–Crippen LogP) is 1.19. The van der Waals surface area contributed by atoms with Gasteiger partial charge in [-0.15, -0.1) is 0 Å². The molecule has 0 bridgehead atoms. The molecule has 1 saturated heterocycles. The molecule has 3 atom stereocenters. The average molecular weight is 254 g/mol. The molecule has 2 rings (SSSR count). The molecule has 4 nitrogen and oxygen atoms in total. The van der Waals surface area contributed by atoms with Gasteiger partial charge in [-0.25, -0.2) is 0 Å². The van der Waals surface area contributed by atoms with Gasteiger partial charge in [-0.2, -0.15) is 0 Å². The fourth-order valence-corrected chi connectivity index (χ4v) is 3.55. The van der Waals surface area contributed by atoms with Crippen molar-refractivity contribution in [2.45, 2.75) is 76.4 Å². The Morgan fingerprint density at radius 1 is 1.17 bits per heavy atom. The Labute approximate surface area is 111 Å². The summed E-state index contributed by atoms with van der Waals surface area (Å²) in [6, 6.07) is 1.46. The van der Waals surface area contributed by atoms with Gasteiger partial charge in [-0.05, 0) is 39.1 Å². The maximum absolute atomic E-state index is 8.79. The summed E-state index contributed by atoms with van der Waals surface area (Å²) in [5, 5.41) is 21.3. The molecule has 0 radical (unpaired) electrons. The molecule has 2 aliphatic rings. The third-order valence-corrected chi connectivity index (χ3v) is 4.49. The van der Waals surface area contributed by atoms with Gasteiger partial charge in [0.1, 0.15) is 0 Å². The Kier molecular flexibility index (Phi) is 5.48. The van der Waals surface area contributed by atoms with Gasteiger partial charge < -0.3 is 10.0 Å². The zero-order valence-electron chi connectivity index (χ0n) is 11.5. The van der Waals surface area contributed by atoms with Gasteiger partial charge in [0.15, 0.2) is 0 Å². The van der Waals surface area contributed by atoms with Gasteiger partial charge in [0, 0.05) is 12.1 Å². The maximum Gasteiger partial charge on any atom is 0.451 e. The maximum atomic E-state index is 8.79. The van der Waals surface area contributed by atoms with Crippen LogP contribution in [0.3, 0.4) is 0 Å². The molecule has 1 aliphatic carbocycles. The zero-order valence-corrected chi connectivity index (χ0v) is 11.5. The topological polar surface area (TPSA) is 55.7 Å². The molecular weight excluding hydrogens is 227 g/mol. The molecule has 3 N–H and O–H groups in total. The molecular formula is C13H27BN2O2. The number of hydrogen-bond acceptors (Lipinski definition) is 4. The van der Waals surface area contributed by atoms with E-state index < -0.39 is 7.12 Å². The smallest absolute Gasteiger partial charge is 0.427 e. The summed E-state index contributed by atoms with van der Waals surface area (Å²) in [6.45, 7) is 3.42. The Morgan fingerprint density at radius 2 is 1.94 bits per heavy atom. The highest BCUT2D eigenvalue weighted by Gasteiger charge is 2.38. The summed E-state index contributed by atoms with van der Waals surface area (Å²) in [4.78, 5) is 2.62. The second kappa shape index (κ2) is 6.89. The molecule has 0 aromatic heterocycles. The lowest BCUT2D eigenvalue weighted by Crippen LogP contribution is -2.40.